The van der Waals surface area contributed by atoms with E-state index in [0.717, 1.165) is 100 Å². The van der Waals surface area contributed by atoms with Crippen LogP contribution in [0.1, 0.15) is 130 Å². The number of carbonyl (C=O) groups excluding carboxylic acids is 3. The van der Waals surface area contributed by atoms with Gasteiger partial charge in [0.05, 0.1) is 29.8 Å². The zero-order valence-corrected chi connectivity index (χ0v) is 33.5. The van der Waals surface area contributed by atoms with Gasteiger partial charge in [0.1, 0.15) is 12.3 Å². The average molecular weight is 738 g/mol. The molecule has 0 spiro atoms. The Labute approximate surface area is 322 Å². The summed E-state index contributed by atoms with van der Waals surface area (Å²) < 4.78 is 12.9. The van der Waals surface area contributed by atoms with Crippen molar-refractivity contribution >= 4 is 34.8 Å². The first kappa shape index (κ1) is 40.7. The van der Waals surface area contributed by atoms with Gasteiger partial charge in [-0.1, -0.05) is 83.4 Å². The Balaban J connectivity index is 1.34. The maximum absolute atomic E-state index is 14.0. The topological polar surface area (TPSA) is 96.2 Å². The molecule has 0 amide bonds. The minimum atomic E-state index is -0.375. The van der Waals surface area contributed by atoms with Crippen molar-refractivity contribution in [3.8, 4) is 0 Å². The third kappa shape index (κ3) is 8.90. The Bertz CT molecular complexity index is 1830. The summed E-state index contributed by atoms with van der Waals surface area (Å²) in [5.74, 6) is -0.390. The molecule has 0 unspecified atom stereocenters. The molecule has 0 atom stereocenters. The fourth-order valence-corrected chi connectivity index (χ4v) is 7.90. The van der Waals surface area contributed by atoms with E-state index in [9.17, 15) is 19.5 Å². The van der Waals surface area contributed by atoms with Crippen LogP contribution < -0.4 is 4.90 Å². The second-order valence-electron chi connectivity index (χ2n) is 15.9. The van der Waals surface area contributed by atoms with Crippen LogP contribution in [-0.2, 0) is 34.7 Å². The number of rotatable bonds is 20. The van der Waals surface area contributed by atoms with E-state index in [0.29, 0.717) is 37.2 Å². The van der Waals surface area contributed by atoms with E-state index < -0.39 is 0 Å². The van der Waals surface area contributed by atoms with Crippen LogP contribution in [0.5, 0.6) is 0 Å². The summed E-state index contributed by atoms with van der Waals surface area (Å²) in [6, 6.07) is 16.7. The highest BCUT2D eigenvalue weighted by Gasteiger charge is 2.47. The molecule has 0 saturated heterocycles. The monoisotopic (exact) mass is 737 g/mol. The van der Waals surface area contributed by atoms with Gasteiger partial charge in [0.25, 0.3) is 0 Å². The van der Waals surface area contributed by atoms with Gasteiger partial charge in [0, 0.05) is 60.3 Å². The van der Waals surface area contributed by atoms with Crippen LogP contribution in [0.15, 0.2) is 83.3 Å². The number of fused-ring (bicyclic) bond motifs is 2. The Morgan fingerprint density at radius 3 is 1.96 bits per heavy atom. The number of para-hydroxylation sites is 2. The SMILES string of the molecule is CCCCOC(=O)CCCCCN1/C(=C/C2=C(O)C(=C/C3=[N+](CCCCCC(=O)OCCCC)c4ccccc4C3(C)C)/C2=O)C(C)(C)c2ccccc21. The highest BCUT2D eigenvalue weighted by molar-refractivity contribution is 6.24. The number of aliphatic hydroxyl groups excluding tert-OH is 1. The van der Waals surface area contributed by atoms with Gasteiger partial charge in [-0.25, -0.2) is 0 Å². The number of esters is 2. The summed E-state index contributed by atoms with van der Waals surface area (Å²) in [6.07, 6.45) is 13.5. The smallest absolute Gasteiger partial charge is 0.305 e. The van der Waals surface area contributed by atoms with Gasteiger partial charge < -0.3 is 19.5 Å². The van der Waals surface area contributed by atoms with E-state index in [1.165, 1.54) is 11.1 Å². The molecule has 1 N–H and O–H groups in total. The van der Waals surface area contributed by atoms with Crippen LogP contribution >= 0.6 is 0 Å². The maximum Gasteiger partial charge on any atom is 0.305 e. The third-order valence-corrected chi connectivity index (χ3v) is 11.2. The Kier molecular flexibility index (Phi) is 13.8. The number of unbranched alkanes of at least 4 members (excludes halogenated alkanes) is 6. The predicted octanol–water partition coefficient (Wildman–Crippen LogP) is 9.87. The lowest BCUT2D eigenvalue weighted by Crippen LogP contribution is -2.32. The van der Waals surface area contributed by atoms with E-state index in [2.05, 4.69) is 75.3 Å². The summed E-state index contributed by atoms with van der Waals surface area (Å²) in [7, 11) is 0. The summed E-state index contributed by atoms with van der Waals surface area (Å²) in [5.41, 5.74) is 6.47. The lowest BCUT2D eigenvalue weighted by molar-refractivity contribution is -0.438. The molecule has 54 heavy (non-hydrogen) atoms. The predicted molar refractivity (Wildman–Crippen MR) is 216 cm³/mol. The van der Waals surface area contributed by atoms with Crippen molar-refractivity contribution < 1.29 is 33.5 Å². The first-order valence-electron chi connectivity index (χ1n) is 20.3. The third-order valence-electron chi connectivity index (χ3n) is 11.2. The summed E-state index contributed by atoms with van der Waals surface area (Å²) >= 11 is 0. The molecule has 0 fully saturated rings. The Hall–Kier alpha value is -4.46. The summed E-state index contributed by atoms with van der Waals surface area (Å²) in [5, 5.41) is 11.6. The fourth-order valence-electron chi connectivity index (χ4n) is 7.90. The molecule has 290 valence electrons. The van der Waals surface area contributed by atoms with Crippen molar-refractivity contribution in [2.45, 2.75) is 129 Å². The molecule has 2 aromatic rings. The lowest BCUT2D eigenvalue weighted by atomic mass is 9.77. The zero-order valence-electron chi connectivity index (χ0n) is 33.5. The van der Waals surface area contributed by atoms with Crippen molar-refractivity contribution in [1.29, 1.82) is 0 Å². The second kappa shape index (κ2) is 18.2. The van der Waals surface area contributed by atoms with Crippen molar-refractivity contribution in [2.24, 2.45) is 0 Å². The number of Topliss-reactive ketones (excluding diaryl/α,β-unsaturated/α-hetero) is 1. The molecule has 2 heterocycles. The maximum atomic E-state index is 14.0. The van der Waals surface area contributed by atoms with Gasteiger partial charge in [0.15, 0.2) is 5.71 Å². The molecule has 1 aliphatic carbocycles. The first-order valence-corrected chi connectivity index (χ1v) is 20.3. The standard InChI is InChI=1S/C46H60N2O6/c1-7-9-29-53-41(49)25-13-11-19-27-47-37-23-17-15-21-35(37)45(3,4)39(47)31-33-43(51)34(44(33)52)32-40-46(5,6)36-22-16-18-24-38(36)48(40)28-20-12-14-26-42(50)54-30-10-8-2/h15-18,21-24,31-32H,7-14,19-20,25-30H2,1-6H3/p+1. The minimum absolute atomic E-state index is 0.0292. The van der Waals surface area contributed by atoms with E-state index in [4.69, 9.17) is 9.47 Å². The average Bonchev–Trinajstić information content (AvgIpc) is 3.50. The molecular formula is C46H61N2O6+. The van der Waals surface area contributed by atoms with E-state index in [1.54, 1.807) is 0 Å². The number of allylic oxidation sites excluding steroid dienone is 5. The number of carbonyl (C=O) groups is 3. The molecule has 2 aliphatic heterocycles. The number of nitrogens with zero attached hydrogens (tertiary/aromatic N) is 2. The van der Waals surface area contributed by atoms with E-state index >= 15 is 0 Å². The highest BCUT2D eigenvalue weighted by atomic mass is 16.5. The number of hydrogen-bond acceptors (Lipinski definition) is 7. The largest absolute Gasteiger partial charge is 0.506 e. The summed E-state index contributed by atoms with van der Waals surface area (Å²) in [4.78, 5) is 40.5. The van der Waals surface area contributed by atoms with Crippen LogP contribution in [0, 0.1) is 0 Å². The Morgan fingerprint density at radius 2 is 1.33 bits per heavy atom. The van der Waals surface area contributed by atoms with E-state index in [-0.39, 0.29) is 34.3 Å². The normalized spacial score (nSPS) is 18.3. The van der Waals surface area contributed by atoms with Gasteiger partial charge in [-0.05, 0) is 70.1 Å². The molecular weight excluding hydrogens is 677 g/mol. The lowest BCUT2D eigenvalue weighted by Gasteiger charge is -2.29. The molecule has 0 aromatic heterocycles. The highest BCUT2D eigenvalue weighted by Crippen LogP contribution is 2.49. The molecule has 0 radical (unpaired) electrons. The van der Waals surface area contributed by atoms with Crippen molar-refractivity contribution in [2.75, 3.05) is 31.2 Å². The molecule has 0 bridgehead atoms. The number of anilines is 1. The van der Waals surface area contributed by atoms with Gasteiger partial charge in [-0.15, -0.1) is 0 Å². The van der Waals surface area contributed by atoms with E-state index in [1.807, 2.05) is 36.4 Å². The second-order valence-corrected chi connectivity index (χ2v) is 15.9. The quantitative estimate of drug-likeness (QED) is 0.0626. The van der Waals surface area contributed by atoms with Crippen molar-refractivity contribution in [1.82, 2.24) is 0 Å². The molecule has 3 aliphatic rings. The fraction of sp³-hybridized carbons (Fsp3) is 0.522. The van der Waals surface area contributed by atoms with Gasteiger partial charge >= 0.3 is 11.9 Å². The molecule has 8 heteroatoms. The van der Waals surface area contributed by atoms with Gasteiger partial charge in [0.2, 0.25) is 11.5 Å². The van der Waals surface area contributed by atoms with Crippen molar-refractivity contribution in [3.05, 3.63) is 94.4 Å². The molecule has 5 rings (SSSR count). The molecule has 8 nitrogen and oxygen atoms in total. The number of benzene rings is 2. The zero-order chi connectivity index (χ0) is 38.9. The molecule has 2 aromatic carbocycles. The number of aliphatic hydroxyl groups is 1. The van der Waals surface area contributed by atoms with Crippen LogP contribution in [0.25, 0.3) is 0 Å². The van der Waals surface area contributed by atoms with Crippen LogP contribution in [-0.4, -0.2) is 59.4 Å². The van der Waals surface area contributed by atoms with Crippen molar-refractivity contribution in [3.63, 3.8) is 0 Å². The van der Waals surface area contributed by atoms with Crippen LogP contribution in [0.2, 0.25) is 0 Å². The number of ketones is 1. The molecule has 0 saturated carbocycles. The van der Waals surface area contributed by atoms with Crippen LogP contribution in [0.3, 0.4) is 0 Å². The van der Waals surface area contributed by atoms with Gasteiger partial charge in [-0.2, -0.15) is 4.58 Å². The number of hydrogen-bond donors (Lipinski definition) is 1. The first-order chi connectivity index (χ1) is 25.9. The van der Waals surface area contributed by atoms with Crippen LogP contribution in [0.4, 0.5) is 11.4 Å². The van der Waals surface area contributed by atoms with Gasteiger partial charge in [-0.3, -0.25) is 14.4 Å². The minimum Gasteiger partial charge on any atom is -0.506 e. The summed E-state index contributed by atoms with van der Waals surface area (Å²) in [6.45, 7) is 15.3. The number of ether oxygens (including phenoxy) is 2. The Morgan fingerprint density at radius 1 is 0.741 bits per heavy atom.